The third-order valence-electron chi connectivity index (χ3n) is 4.02. The zero-order valence-electron chi connectivity index (χ0n) is 14.2. The summed E-state index contributed by atoms with van der Waals surface area (Å²) in [5, 5.41) is 13.8. The van der Waals surface area contributed by atoms with Gasteiger partial charge in [-0.2, -0.15) is 0 Å². The van der Waals surface area contributed by atoms with Crippen LogP contribution < -0.4 is 5.32 Å². The van der Waals surface area contributed by atoms with Crippen molar-refractivity contribution in [2.75, 3.05) is 13.2 Å². The highest BCUT2D eigenvalue weighted by Gasteiger charge is 2.18. The summed E-state index contributed by atoms with van der Waals surface area (Å²) in [6.07, 6.45) is 7.50. The summed E-state index contributed by atoms with van der Waals surface area (Å²) in [6.45, 7) is 2.25. The lowest BCUT2D eigenvalue weighted by molar-refractivity contribution is -0.384. The van der Waals surface area contributed by atoms with Gasteiger partial charge in [0.1, 0.15) is 0 Å². The van der Waals surface area contributed by atoms with Crippen LogP contribution in [-0.2, 0) is 4.74 Å². The first-order chi connectivity index (χ1) is 12.0. The number of carbonyl (C=O) groups excluding carboxylic acids is 2. The number of rotatable bonds is 7. The number of nitro benzene ring substituents is 1. The molecule has 134 valence electrons. The molecule has 0 unspecified atom stereocenters. The van der Waals surface area contributed by atoms with Crippen LogP contribution >= 0.6 is 0 Å². The van der Waals surface area contributed by atoms with Crippen LogP contribution in [0.3, 0.4) is 0 Å². The minimum atomic E-state index is -0.687. The van der Waals surface area contributed by atoms with Crippen molar-refractivity contribution in [2.45, 2.75) is 39.0 Å². The van der Waals surface area contributed by atoms with Crippen LogP contribution in [0.2, 0.25) is 0 Å². The average Bonchev–Trinajstić information content (AvgIpc) is 2.62. The monoisotopic (exact) mass is 346 g/mol. The first-order valence-electron chi connectivity index (χ1n) is 8.44. The standard InChI is InChI=1S/C18H22N2O5/c1-2-25-18(22)15-10-14(11-16(12-15)20(23)24)17(21)19-9-8-13-6-4-3-5-7-13/h6,10-12H,2-5,7-9H2,1H3,(H,19,21). The van der Waals surface area contributed by atoms with Crippen molar-refractivity contribution in [2.24, 2.45) is 0 Å². The fourth-order valence-electron chi connectivity index (χ4n) is 2.75. The van der Waals surface area contributed by atoms with E-state index >= 15 is 0 Å². The largest absolute Gasteiger partial charge is 0.462 e. The molecule has 1 aromatic rings. The maximum absolute atomic E-state index is 12.3. The molecule has 0 fully saturated rings. The normalized spacial score (nSPS) is 13.7. The Kier molecular flexibility index (Phi) is 6.68. The average molecular weight is 346 g/mol. The van der Waals surface area contributed by atoms with E-state index in [1.54, 1.807) is 6.92 Å². The number of hydrogen-bond donors (Lipinski definition) is 1. The van der Waals surface area contributed by atoms with Crippen LogP contribution in [0.15, 0.2) is 29.8 Å². The van der Waals surface area contributed by atoms with Gasteiger partial charge in [-0.25, -0.2) is 4.79 Å². The summed E-state index contributed by atoms with van der Waals surface area (Å²) in [7, 11) is 0. The van der Waals surface area contributed by atoms with E-state index in [1.807, 2.05) is 0 Å². The van der Waals surface area contributed by atoms with Crippen molar-refractivity contribution in [1.82, 2.24) is 5.32 Å². The molecule has 0 spiro atoms. The number of amides is 1. The van der Waals surface area contributed by atoms with Crippen LogP contribution in [0, 0.1) is 10.1 Å². The molecule has 25 heavy (non-hydrogen) atoms. The lowest BCUT2D eigenvalue weighted by Crippen LogP contribution is -2.25. The summed E-state index contributed by atoms with van der Waals surface area (Å²) in [6, 6.07) is 3.60. The lowest BCUT2D eigenvalue weighted by atomic mass is 9.97. The molecule has 0 aromatic heterocycles. The number of allylic oxidation sites excluding steroid dienone is 1. The molecule has 1 aliphatic rings. The highest BCUT2D eigenvalue weighted by molar-refractivity contribution is 5.99. The van der Waals surface area contributed by atoms with Crippen molar-refractivity contribution in [3.63, 3.8) is 0 Å². The van der Waals surface area contributed by atoms with E-state index in [1.165, 1.54) is 24.5 Å². The third-order valence-corrected chi connectivity index (χ3v) is 4.02. The Morgan fingerprint density at radius 2 is 2.00 bits per heavy atom. The van der Waals surface area contributed by atoms with Crippen molar-refractivity contribution in [3.05, 3.63) is 51.1 Å². The quantitative estimate of drug-likeness (QED) is 0.353. The Bertz CT molecular complexity index is 697. The molecule has 0 atom stereocenters. The minimum Gasteiger partial charge on any atom is -0.462 e. The molecular weight excluding hydrogens is 324 g/mol. The van der Waals surface area contributed by atoms with Gasteiger partial charge in [0.15, 0.2) is 0 Å². The van der Waals surface area contributed by atoms with Gasteiger partial charge < -0.3 is 10.1 Å². The van der Waals surface area contributed by atoms with Crippen molar-refractivity contribution >= 4 is 17.6 Å². The number of nitro groups is 1. The molecule has 7 heteroatoms. The molecule has 7 nitrogen and oxygen atoms in total. The molecular formula is C18H22N2O5. The number of carbonyl (C=O) groups is 2. The molecule has 2 rings (SSSR count). The Hall–Kier alpha value is -2.70. The molecule has 0 bridgehead atoms. The van der Waals surface area contributed by atoms with Crippen LogP contribution in [0.4, 0.5) is 5.69 Å². The van der Waals surface area contributed by atoms with E-state index in [9.17, 15) is 19.7 Å². The maximum atomic E-state index is 12.3. The highest BCUT2D eigenvalue weighted by atomic mass is 16.6. The SMILES string of the molecule is CCOC(=O)c1cc(C(=O)NCCC2=CCCCC2)cc([N+](=O)[O-])c1. The number of non-ortho nitro benzene ring substituents is 1. The summed E-state index contributed by atoms with van der Waals surface area (Å²) in [4.78, 5) is 34.5. The van der Waals surface area contributed by atoms with E-state index in [4.69, 9.17) is 4.74 Å². The Labute approximate surface area is 146 Å². The van der Waals surface area contributed by atoms with E-state index in [0.717, 1.165) is 31.4 Å². The van der Waals surface area contributed by atoms with Crippen LogP contribution in [-0.4, -0.2) is 30.0 Å². The van der Waals surface area contributed by atoms with Crippen LogP contribution in [0.5, 0.6) is 0 Å². The predicted molar refractivity (Wildman–Crippen MR) is 92.6 cm³/mol. The van der Waals surface area contributed by atoms with Gasteiger partial charge in [0.05, 0.1) is 17.1 Å². The molecule has 1 aliphatic carbocycles. The van der Waals surface area contributed by atoms with Crippen LogP contribution in [0.1, 0.15) is 59.7 Å². The van der Waals surface area contributed by atoms with Gasteiger partial charge in [0.25, 0.3) is 11.6 Å². The Balaban J connectivity index is 2.07. The summed E-state index contributed by atoms with van der Waals surface area (Å²) in [5.41, 5.74) is 1.09. The molecule has 1 amide bonds. The number of nitrogens with zero attached hydrogens (tertiary/aromatic N) is 1. The maximum Gasteiger partial charge on any atom is 0.338 e. The van der Waals surface area contributed by atoms with E-state index in [0.29, 0.717) is 6.54 Å². The number of ether oxygens (including phenoxy) is 1. The van der Waals surface area contributed by atoms with Gasteiger partial charge in [-0.1, -0.05) is 11.6 Å². The van der Waals surface area contributed by atoms with E-state index < -0.39 is 16.8 Å². The zero-order valence-corrected chi connectivity index (χ0v) is 14.2. The van der Waals surface area contributed by atoms with Gasteiger partial charge in [-0.3, -0.25) is 14.9 Å². The number of hydrogen-bond acceptors (Lipinski definition) is 5. The fourth-order valence-corrected chi connectivity index (χ4v) is 2.75. The molecule has 1 aromatic carbocycles. The summed E-state index contributed by atoms with van der Waals surface area (Å²) in [5.74, 6) is -1.13. The molecule has 0 heterocycles. The van der Waals surface area contributed by atoms with Gasteiger partial charge >= 0.3 is 5.97 Å². The Morgan fingerprint density at radius 3 is 2.64 bits per heavy atom. The van der Waals surface area contributed by atoms with Gasteiger partial charge in [0.2, 0.25) is 0 Å². The molecule has 1 N–H and O–H groups in total. The third kappa shape index (κ3) is 5.41. The van der Waals surface area contributed by atoms with Crippen molar-refractivity contribution < 1.29 is 19.2 Å². The summed E-state index contributed by atoms with van der Waals surface area (Å²) < 4.78 is 4.86. The number of nitrogens with one attached hydrogen (secondary N) is 1. The van der Waals surface area contributed by atoms with E-state index in [2.05, 4.69) is 11.4 Å². The molecule has 0 radical (unpaired) electrons. The second-order valence-electron chi connectivity index (χ2n) is 5.86. The smallest absolute Gasteiger partial charge is 0.338 e. The molecule has 0 aliphatic heterocycles. The van der Waals surface area contributed by atoms with Gasteiger partial charge in [-0.15, -0.1) is 0 Å². The second-order valence-corrected chi connectivity index (χ2v) is 5.86. The fraction of sp³-hybridized carbons (Fsp3) is 0.444. The van der Waals surface area contributed by atoms with Crippen molar-refractivity contribution in [1.29, 1.82) is 0 Å². The zero-order chi connectivity index (χ0) is 18.2. The van der Waals surface area contributed by atoms with Crippen LogP contribution in [0.25, 0.3) is 0 Å². The van der Waals surface area contributed by atoms with Gasteiger partial charge in [-0.05, 0) is 45.1 Å². The minimum absolute atomic E-state index is 0.00353. The Morgan fingerprint density at radius 1 is 1.24 bits per heavy atom. The molecule has 0 saturated carbocycles. The van der Waals surface area contributed by atoms with E-state index in [-0.39, 0.29) is 23.4 Å². The highest BCUT2D eigenvalue weighted by Crippen LogP contribution is 2.20. The number of benzene rings is 1. The summed E-state index contributed by atoms with van der Waals surface area (Å²) >= 11 is 0. The lowest BCUT2D eigenvalue weighted by Gasteiger charge is -2.13. The van der Waals surface area contributed by atoms with Crippen molar-refractivity contribution in [3.8, 4) is 0 Å². The number of esters is 1. The second kappa shape index (κ2) is 8.96. The van der Waals surface area contributed by atoms with Gasteiger partial charge in [0, 0.05) is 24.2 Å². The predicted octanol–water partition coefficient (Wildman–Crippen LogP) is 3.39. The topological polar surface area (TPSA) is 98.5 Å². The first kappa shape index (κ1) is 18.6. The first-order valence-corrected chi connectivity index (χ1v) is 8.44. The molecule has 0 saturated heterocycles.